The maximum atomic E-state index is 12.8. The van der Waals surface area contributed by atoms with Crippen molar-refractivity contribution in [1.82, 2.24) is 0 Å². The second kappa shape index (κ2) is 50.0. The maximum absolute atomic E-state index is 12.8. The van der Waals surface area contributed by atoms with Gasteiger partial charge < -0.3 is 14.2 Å². The lowest BCUT2D eigenvalue weighted by Crippen LogP contribution is -2.30. The summed E-state index contributed by atoms with van der Waals surface area (Å²) < 4.78 is 16.8. The zero-order valence-corrected chi connectivity index (χ0v) is 40.4. The molecule has 6 nitrogen and oxygen atoms in total. The van der Waals surface area contributed by atoms with Gasteiger partial charge in [-0.15, -0.1) is 0 Å². The first-order valence-electron chi connectivity index (χ1n) is 26.1. The molecule has 0 aliphatic heterocycles. The fraction of sp³-hybridized carbons (Fsp3) is 0.800. The average Bonchev–Trinajstić information content (AvgIpc) is 3.26. The van der Waals surface area contributed by atoms with Crippen molar-refractivity contribution in [1.29, 1.82) is 0 Å². The topological polar surface area (TPSA) is 78.9 Å². The number of carbonyl (C=O) groups is 3. The van der Waals surface area contributed by atoms with E-state index in [0.29, 0.717) is 19.3 Å². The molecule has 0 aromatic heterocycles. The van der Waals surface area contributed by atoms with Gasteiger partial charge in [-0.3, -0.25) is 14.4 Å². The van der Waals surface area contributed by atoms with E-state index < -0.39 is 6.10 Å². The Morgan fingerprint density at radius 1 is 0.328 bits per heavy atom. The molecule has 0 aliphatic rings. The lowest BCUT2D eigenvalue weighted by molar-refractivity contribution is -0.167. The molecule has 6 heteroatoms. The number of carbonyl (C=O) groups excluding carboxylic acids is 3. The number of hydrogen-bond acceptors (Lipinski definition) is 6. The Morgan fingerprint density at radius 2 is 0.623 bits per heavy atom. The summed E-state index contributed by atoms with van der Waals surface area (Å²) in [6, 6.07) is 0. The first kappa shape index (κ1) is 58.4. The average molecular weight is 855 g/mol. The molecular formula is C55H98O6. The fourth-order valence-electron chi connectivity index (χ4n) is 7.33. The van der Waals surface area contributed by atoms with Crippen molar-refractivity contribution >= 4 is 17.9 Å². The number of esters is 3. The van der Waals surface area contributed by atoms with Crippen LogP contribution in [0.15, 0.2) is 48.6 Å². The van der Waals surface area contributed by atoms with Crippen LogP contribution in [-0.2, 0) is 28.6 Å². The van der Waals surface area contributed by atoms with E-state index in [9.17, 15) is 14.4 Å². The first-order chi connectivity index (χ1) is 30.0. The van der Waals surface area contributed by atoms with Gasteiger partial charge in [0.2, 0.25) is 0 Å². The molecule has 1 atom stereocenters. The van der Waals surface area contributed by atoms with Gasteiger partial charge in [0.15, 0.2) is 6.10 Å². The fourth-order valence-corrected chi connectivity index (χ4v) is 7.33. The summed E-state index contributed by atoms with van der Waals surface area (Å²) in [6.07, 6.45) is 59.5. The standard InChI is InChI=1S/C55H98O6/c1-4-7-10-13-16-19-22-24-25-26-27-28-29-30-31-32-34-36-39-42-45-48-54(57)60-51-52(50-59-53(56)47-44-41-38-35-21-18-15-12-9-6-3)61-55(58)49-46-43-40-37-33-23-20-17-14-11-8-5-2/h12,15,22,24,26-27,29-30,52H,4-11,13-14,16-21,23,25,28,31-51H2,1-3H3/b15-12-,24-22-,27-26-,30-29-. The summed E-state index contributed by atoms with van der Waals surface area (Å²) in [6.45, 7) is 6.55. The van der Waals surface area contributed by atoms with Gasteiger partial charge in [-0.25, -0.2) is 0 Å². The summed E-state index contributed by atoms with van der Waals surface area (Å²) in [5.41, 5.74) is 0. The van der Waals surface area contributed by atoms with E-state index in [-0.39, 0.29) is 31.1 Å². The van der Waals surface area contributed by atoms with Crippen molar-refractivity contribution in [3.63, 3.8) is 0 Å². The largest absolute Gasteiger partial charge is 0.462 e. The van der Waals surface area contributed by atoms with Gasteiger partial charge in [0.05, 0.1) is 0 Å². The van der Waals surface area contributed by atoms with Crippen molar-refractivity contribution in [3.8, 4) is 0 Å². The van der Waals surface area contributed by atoms with E-state index in [1.165, 1.54) is 135 Å². The molecule has 0 aliphatic carbocycles. The van der Waals surface area contributed by atoms with Crippen LogP contribution in [0.1, 0.15) is 265 Å². The van der Waals surface area contributed by atoms with E-state index in [1.807, 2.05) is 0 Å². The quantitative estimate of drug-likeness (QED) is 0.0263. The summed E-state index contributed by atoms with van der Waals surface area (Å²) in [5, 5.41) is 0. The summed E-state index contributed by atoms with van der Waals surface area (Å²) in [7, 11) is 0. The minimum atomic E-state index is -0.777. The molecule has 0 rings (SSSR count). The highest BCUT2D eigenvalue weighted by Gasteiger charge is 2.19. The molecule has 0 amide bonds. The minimum Gasteiger partial charge on any atom is -0.462 e. The number of hydrogen-bond donors (Lipinski definition) is 0. The first-order valence-corrected chi connectivity index (χ1v) is 26.1. The molecule has 0 heterocycles. The van der Waals surface area contributed by atoms with E-state index in [0.717, 1.165) is 89.9 Å². The van der Waals surface area contributed by atoms with Crippen LogP contribution in [0.5, 0.6) is 0 Å². The van der Waals surface area contributed by atoms with Crippen molar-refractivity contribution < 1.29 is 28.6 Å². The second-order valence-electron chi connectivity index (χ2n) is 17.4. The predicted molar refractivity (Wildman–Crippen MR) is 261 cm³/mol. The van der Waals surface area contributed by atoms with Crippen LogP contribution in [-0.4, -0.2) is 37.2 Å². The summed E-state index contributed by atoms with van der Waals surface area (Å²) in [5.74, 6) is -0.897. The molecule has 0 aromatic carbocycles. The molecule has 0 fully saturated rings. The minimum absolute atomic E-state index is 0.0801. The van der Waals surface area contributed by atoms with Gasteiger partial charge >= 0.3 is 17.9 Å². The smallest absolute Gasteiger partial charge is 0.306 e. The third-order valence-corrected chi connectivity index (χ3v) is 11.3. The Morgan fingerprint density at radius 3 is 1.00 bits per heavy atom. The third-order valence-electron chi connectivity index (χ3n) is 11.3. The van der Waals surface area contributed by atoms with E-state index in [2.05, 4.69) is 69.4 Å². The second-order valence-corrected chi connectivity index (χ2v) is 17.4. The van der Waals surface area contributed by atoms with Gasteiger partial charge in [0.1, 0.15) is 13.2 Å². The highest BCUT2D eigenvalue weighted by atomic mass is 16.6. The van der Waals surface area contributed by atoms with Crippen molar-refractivity contribution in [2.24, 2.45) is 0 Å². The van der Waals surface area contributed by atoms with Crippen LogP contribution < -0.4 is 0 Å². The van der Waals surface area contributed by atoms with Gasteiger partial charge in [-0.1, -0.05) is 217 Å². The Kier molecular flexibility index (Phi) is 47.9. The summed E-state index contributed by atoms with van der Waals surface area (Å²) in [4.78, 5) is 37.9. The predicted octanol–water partition coefficient (Wildman–Crippen LogP) is 17.1. The van der Waals surface area contributed by atoms with E-state index >= 15 is 0 Å². The molecule has 354 valence electrons. The molecular weight excluding hydrogens is 757 g/mol. The molecule has 0 aromatic rings. The van der Waals surface area contributed by atoms with Crippen LogP contribution in [0.2, 0.25) is 0 Å². The van der Waals surface area contributed by atoms with Crippen LogP contribution in [0.25, 0.3) is 0 Å². The maximum Gasteiger partial charge on any atom is 0.306 e. The highest BCUT2D eigenvalue weighted by Crippen LogP contribution is 2.15. The van der Waals surface area contributed by atoms with Gasteiger partial charge in [-0.2, -0.15) is 0 Å². The van der Waals surface area contributed by atoms with Gasteiger partial charge in [0, 0.05) is 19.3 Å². The lowest BCUT2D eigenvalue weighted by Gasteiger charge is -2.18. The molecule has 0 saturated heterocycles. The Balaban J connectivity index is 4.30. The number of rotatable bonds is 47. The normalized spacial score (nSPS) is 12.4. The molecule has 0 N–H and O–H groups in total. The lowest BCUT2D eigenvalue weighted by atomic mass is 10.0. The Bertz CT molecular complexity index is 1070. The molecule has 0 bridgehead atoms. The Hall–Kier alpha value is -2.63. The van der Waals surface area contributed by atoms with Gasteiger partial charge in [-0.05, 0) is 77.0 Å². The number of allylic oxidation sites excluding steroid dienone is 8. The van der Waals surface area contributed by atoms with E-state index in [1.54, 1.807) is 0 Å². The number of ether oxygens (including phenoxy) is 3. The van der Waals surface area contributed by atoms with Crippen molar-refractivity contribution in [3.05, 3.63) is 48.6 Å². The molecule has 61 heavy (non-hydrogen) atoms. The molecule has 0 saturated carbocycles. The molecule has 1 unspecified atom stereocenters. The monoisotopic (exact) mass is 855 g/mol. The Labute approximate surface area is 378 Å². The SMILES string of the molecule is CCC/C=C\CCCCCCCC(=O)OCC(COC(=O)CCCCCCCC/C=C\C/C=C\C/C=C\CCCCCCC)OC(=O)CCCCCCCCCCCCCC. The molecule has 0 spiro atoms. The van der Waals surface area contributed by atoms with Crippen molar-refractivity contribution in [2.75, 3.05) is 13.2 Å². The van der Waals surface area contributed by atoms with Crippen LogP contribution in [0.4, 0.5) is 0 Å². The van der Waals surface area contributed by atoms with Crippen LogP contribution >= 0.6 is 0 Å². The molecule has 0 radical (unpaired) electrons. The zero-order valence-electron chi connectivity index (χ0n) is 40.4. The third kappa shape index (κ3) is 48.3. The van der Waals surface area contributed by atoms with Gasteiger partial charge in [0.25, 0.3) is 0 Å². The van der Waals surface area contributed by atoms with E-state index in [4.69, 9.17) is 14.2 Å². The van der Waals surface area contributed by atoms with Crippen LogP contribution in [0.3, 0.4) is 0 Å². The highest BCUT2D eigenvalue weighted by molar-refractivity contribution is 5.71. The number of unbranched alkanes of at least 4 members (excludes halogenated alkanes) is 28. The van der Waals surface area contributed by atoms with Crippen molar-refractivity contribution in [2.45, 2.75) is 271 Å². The zero-order chi connectivity index (χ0) is 44.4. The van der Waals surface area contributed by atoms with Crippen LogP contribution in [0, 0.1) is 0 Å². The summed E-state index contributed by atoms with van der Waals surface area (Å²) >= 11 is 0.